The summed E-state index contributed by atoms with van der Waals surface area (Å²) in [4.78, 5) is 11.8. The van der Waals surface area contributed by atoms with Crippen molar-refractivity contribution < 1.29 is 9.53 Å². The molecule has 0 spiro atoms. The first kappa shape index (κ1) is 17.0. The molecule has 0 saturated heterocycles. The van der Waals surface area contributed by atoms with Gasteiger partial charge in [0.1, 0.15) is 6.61 Å². The number of carbonyl (C=O) groups is 1. The lowest BCUT2D eigenvalue weighted by Gasteiger charge is -2.19. The van der Waals surface area contributed by atoms with Gasteiger partial charge in [0, 0.05) is 6.04 Å². The van der Waals surface area contributed by atoms with Gasteiger partial charge >= 0.3 is 0 Å². The van der Waals surface area contributed by atoms with Crippen LogP contribution in [0.15, 0.2) is 30.3 Å². The SMILES string of the molecule is Cl.NCC1CCCC1NC(=O)COCc1ccccc1. The average molecular weight is 299 g/mol. The molecule has 1 aromatic carbocycles. The lowest BCUT2D eigenvalue weighted by molar-refractivity contribution is -0.127. The first-order valence-electron chi connectivity index (χ1n) is 6.90. The van der Waals surface area contributed by atoms with E-state index in [-0.39, 0.29) is 31.0 Å². The van der Waals surface area contributed by atoms with Crippen LogP contribution in [0.25, 0.3) is 0 Å². The fraction of sp³-hybridized carbons (Fsp3) is 0.533. The summed E-state index contributed by atoms with van der Waals surface area (Å²) in [5, 5.41) is 3.02. The van der Waals surface area contributed by atoms with Crippen molar-refractivity contribution in [1.29, 1.82) is 0 Å². The van der Waals surface area contributed by atoms with E-state index in [2.05, 4.69) is 5.32 Å². The number of carbonyl (C=O) groups excluding carboxylic acids is 1. The van der Waals surface area contributed by atoms with E-state index in [4.69, 9.17) is 10.5 Å². The Hall–Kier alpha value is -1.10. The minimum absolute atomic E-state index is 0. The van der Waals surface area contributed by atoms with Gasteiger partial charge in [-0.2, -0.15) is 0 Å². The second kappa shape index (κ2) is 8.95. The summed E-state index contributed by atoms with van der Waals surface area (Å²) < 4.78 is 5.42. The Morgan fingerprint density at radius 3 is 2.75 bits per heavy atom. The summed E-state index contributed by atoms with van der Waals surface area (Å²) in [6.45, 7) is 1.23. The zero-order chi connectivity index (χ0) is 13.5. The number of amides is 1. The summed E-state index contributed by atoms with van der Waals surface area (Å²) in [5.74, 6) is 0.388. The highest BCUT2D eigenvalue weighted by Gasteiger charge is 2.27. The summed E-state index contributed by atoms with van der Waals surface area (Å²) in [7, 11) is 0. The van der Waals surface area contributed by atoms with E-state index >= 15 is 0 Å². The van der Waals surface area contributed by atoms with Gasteiger partial charge in [-0.1, -0.05) is 36.8 Å². The summed E-state index contributed by atoms with van der Waals surface area (Å²) in [6.07, 6.45) is 3.30. The Bertz CT molecular complexity index is 400. The maximum absolute atomic E-state index is 11.8. The highest BCUT2D eigenvalue weighted by Crippen LogP contribution is 2.24. The second-order valence-corrected chi connectivity index (χ2v) is 5.08. The van der Waals surface area contributed by atoms with Crippen LogP contribution in [0.2, 0.25) is 0 Å². The second-order valence-electron chi connectivity index (χ2n) is 5.08. The van der Waals surface area contributed by atoms with E-state index in [1.165, 1.54) is 0 Å². The molecule has 0 radical (unpaired) electrons. The lowest BCUT2D eigenvalue weighted by Crippen LogP contribution is -2.41. The van der Waals surface area contributed by atoms with E-state index < -0.39 is 0 Å². The van der Waals surface area contributed by atoms with E-state index in [9.17, 15) is 4.79 Å². The first-order valence-corrected chi connectivity index (χ1v) is 6.90. The zero-order valence-corrected chi connectivity index (χ0v) is 12.4. The molecule has 1 fully saturated rings. The maximum Gasteiger partial charge on any atom is 0.246 e. The number of ether oxygens (including phenoxy) is 1. The molecule has 2 rings (SSSR count). The van der Waals surface area contributed by atoms with Crippen molar-refractivity contribution in [1.82, 2.24) is 5.32 Å². The molecule has 20 heavy (non-hydrogen) atoms. The maximum atomic E-state index is 11.8. The van der Waals surface area contributed by atoms with Crippen molar-refractivity contribution in [2.24, 2.45) is 11.7 Å². The van der Waals surface area contributed by atoms with Crippen molar-refractivity contribution in [2.75, 3.05) is 13.2 Å². The highest BCUT2D eigenvalue weighted by atomic mass is 35.5. The molecule has 1 amide bonds. The van der Waals surface area contributed by atoms with Crippen LogP contribution in [0.5, 0.6) is 0 Å². The van der Waals surface area contributed by atoms with E-state index in [0.717, 1.165) is 24.8 Å². The highest BCUT2D eigenvalue weighted by molar-refractivity contribution is 5.85. The molecular weight excluding hydrogens is 276 g/mol. The van der Waals surface area contributed by atoms with E-state index in [1.54, 1.807) is 0 Å². The molecule has 1 aromatic rings. The van der Waals surface area contributed by atoms with Crippen LogP contribution in [0.3, 0.4) is 0 Å². The normalized spacial score (nSPS) is 21.2. The number of hydrogen-bond donors (Lipinski definition) is 2. The van der Waals surface area contributed by atoms with Gasteiger partial charge in [-0.3, -0.25) is 4.79 Å². The van der Waals surface area contributed by atoms with Crippen molar-refractivity contribution in [3.63, 3.8) is 0 Å². The molecule has 5 heteroatoms. The Morgan fingerprint density at radius 1 is 1.30 bits per heavy atom. The van der Waals surface area contributed by atoms with Crippen LogP contribution in [-0.4, -0.2) is 25.1 Å². The third kappa shape index (κ3) is 5.12. The predicted molar refractivity (Wildman–Crippen MR) is 81.7 cm³/mol. The molecule has 0 aliphatic heterocycles. The standard InChI is InChI=1S/C15H22N2O2.ClH/c16-9-13-7-4-8-14(13)17-15(18)11-19-10-12-5-2-1-3-6-12;/h1-3,5-6,13-14H,4,7-11,16H2,(H,17,18);1H. The predicted octanol–water partition coefficient (Wildman–Crippen LogP) is 1.87. The van der Waals surface area contributed by atoms with Gasteiger partial charge in [-0.25, -0.2) is 0 Å². The average Bonchev–Trinajstić information content (AvgIpc) is 2.87. The van der Waals surface area contributed by atoms with Crippen LogP contribution >= 0.6 is 12.4 Å². The topological polar surface area (TPSA) is 64.3 Å². The molecule has 3 N–H and O–H groups in total. The molecular formula is C15H23ClN2O2. The minimum Gasteiger partial charge on any atom is -0.367 e. The van der Waals surface area contributed by atoms with Gasteiger partial charge in [-0.05, 0) is 30.9 Å². The molecule has 2 unspecified atom stereocenters. The van der Waals surface area contributed by atoms with Crippen molar-refractivity contribution in [3.05, 3.63) is 35.9 Å². The number of nitrogens with one attached hydrogen (secondary N) is 1. The largest absolute Gasteiger partial charge is 0.367 e. The van der Waals surface area contributed by atoms with Gasteiger partial charge in [0.25, 0.3) is 0 Å². The smallest absolute Gasteiger partial charge is 0.246 e. The minimum atomic E-state index is -0.0405. The van der Waals surface area contributed by atoms with Crippen LogP contribution < -0.4 is 11.1 Å². The molecule has 0 heterocycles. The Balaban J connectivity index is 0.00000200. The van der Waals surface area contributed by atoms with E-state index in [0.29, 0.717) is 19.1 Å². The van der Waals surface area contributed by atoms with Gasteiger partial charge in [-0.15, -0.1) is 12.4 Å². The number of rotatable bonds is 6. The fourth-order valence-electron chi connectivity index (χ4n) is 2.59. The molecule has 1 aliphatic rings. The summed E-state index contributed by atoms with van der Waals surface area (Å²) in [6, 6.07) is 10.1. The van der Waals surface area contributed by atoms with Gasteiger partial charge < -0.3 is 15.8 Å². The van der Waals surface area contributed by atoms with Crippen LogP contribution in [-0.2, 0) is 16.1 Å². The molecule has 112 valence electrons. The quantitative estimate of drug-likeness (QED) is 0.843. The molecule has 1 aliphatic carbocycles. The first-order chi connectivity index (χ1) is 9.29. The monoisotopic (exact) mass is 298 g/mol. The molecule has 0 bridgehead atoms. The van der Waals surface area contributed by atoms with Crippen LogP contribution in [0, 0.1) is 5.92 Å². The van der Waals surface area contributed by atoms with Crippen molar-refractivity contribution in [3.8, 4) is 0 Å². The number of hydrogen-bond acceptors (Lipinski definition) is 3. The van der Waals surface area contributed by atoms with Crippen LogP contribution in [0.4, 0.5) is 0 Å². The summed E-state index contributed by atoms with van der Waals surface area (Å²) in [5.41, 5.74) is 6.77. The van der Waals surface area contributed by atoms with E-state index in [1.807, 2.05) is 30.3 Å². The van der Waals surface area contributed by atoms with Crippen molar-refractivity contribution in [2.45, 2.75) is 31.9 Å². The Kier molecular flexibility index (Phi) is 7.59. The molecule has 4 nitrogen and oxygen atoms in total. The third-order valence-electron chi connectivity index (χ3n) is 3.65. The summed E-state index contributed by atoms with van der Waals surface area (Å²) >= 11 is 0. The van der Waals surface area contributed by atoms with Gasteiger partial charge in [0.15, 0.2) is 0 Å². The number of benzene rings is 1. The molecule has 2 atom stereocenters. The molecule has 1 saturated carbocycles. The third-order valence-corrected chi connectivity index (χ3v) is 3.65. The van der Waals surface area contributed by atoms with Gasteiger partial charge in [0.2, 0.25) is 5.91 Å². The van der Waals surface area contributed by atoms with Crippen LogP contribution in [0.1, 0.15) is 24.8 Å². The van der Waals surface area contributed by atoms with Gasteiger partial charge in [0.05, 0.1) is 6.61 Å². The molecule has 0 aromatic heterocycles. The zero-order valence-electron chi connectivity index (χ0n) is 11.6. The Morgan fingerprint density at radius 2 is 2.05 bits per heavy atom. The number of halogens is 1. The Labute approximate surface area is 126 Å². The fourth-order valence-corrected chi connectivity index (χ4v) is 2.59. The van der Waals surface area contributed by atoms with Crippen molar-refractivity contribution >= 4 is 18.3 Å². The number of nitrogens with two attached hydrogens (primary N) is 1. The lowest BCUT2D eigenvalue weighted by atomic mass is 10.0.